The molecule has 1 aromatic carbocycles. The zero-order valence-corrected chi connectivity index (χ0v) is 12.7. The quantitative estimate of drug-likeness (QED) is 0.897. The molecule has 2 atom stereocenters. The van der Waals surface area contributed by atoms with E-state index in [0.29, 0.717) is 5.56 Å². The van der Waals surface area contributed by atoms with Crippen molar-refractivity contribution in [2.75, 3.05) is 6.61 Å². The van der Waals surface area contributed by atoms with Crippen LogP contribution < -0.4 is 5.32 Å². The first-order chi connectivity index (χ1) is 9.13. The van der Waals surface area contributed by atoms with Crippen LogP contribution in [0.3, 0.4) is 0 Å². The van der Waals surface area contributed by atoms with Gasteiger partial charge < -0.3 is 10.4 Å². The van der Waals surface area contributed by atoms with Gasteiger partial charge in [0.15, 0.2) is 0 Å². The molecular weight excluding hydrogens is 306 g/mol. The van der Waals surface area contributed by atoms with E-state index in [0.717, 1.165) is 35.7 Å². The number of nitrogens with one attached hydrogen (secondary N) is 1. The van der Waals surface area contributed by atoms with E-state index in [-0.39, 0.29) is 24.5 Å². The Morgan fingerprint density at radius 2 is 2.16 bits per heavy atom. The number of hydrogen-bond donors (Lipinski definition) is 2. The van der Waals surface area contributed by atoms with Crippen LogP contribution >= 0.6 is 15.9 Å². The molecule has 0 aliphatic heterocycles. The van der Waals surface area contributed by atoms with Crippen LogP contribution in [0.5, 0.6) is 0 Å². The van der Waals surface area contributed by atoms with E-state index in [1.54, 1.807) is 0 Å². The first-order valence-electron chi connectivity index (χ1n) is 6.80. The van der Waals surface area contributed by atoms with Crippen LogP contribution in [0.4, 0.5) is 0 Å². The molecule has 1 aromatic rings. The second kappa shape index (κ2) is 6.53. The van der Waals surface area contributed by atoms with Crippen molar-refractivity contribution in [3.05, 3.63) is 33.8 Å². The molecule has 2 unspecified atom stereocenters. The van der Waals surface area contributed by atoms with Crippen molar-refractivity contribution < 1.29 is 9.90 Å². The summed E-state index contributed by atoms with van der Waals surface area (Å²) in [5.41, 5.74) is 1.72. The number of carbonyl (C=O) groups excluding carboxylic acids is 1. The molecule has 0 radical (unpaired) electrons. The van der Waals surface area contributed by atoms with E-state index in [1.165, 1.54) is 0 Å². The largest absolute Gasteiger partial charge is 0.396 e. The molecule has 2 rings (SSSR count). The zero-order valence-electron chi connectivity index (χ0n) is 11.2. The number of benzene rings is 1. The van der Waals surface area contributed by atoms with Gasteiger partial charge in [0.2, 0.25) is 0 Å². The van der Waals surface area contributed by atoms with Crippen molar-refractivity contribution in [1.29, 1.82) is 0 Å². The molecule has 104 valence electrons. The van der Waals surface area contributed by atoms with Gasteiger partial charge in [0.05, 0.1) is 5.56 Å². The molecule has 1 aliphatic carbocycles. The highest BCUT2D eigenvalue weighted by atomic mass is 79.9. The van der Waals surface area contributed by atoms with Crippen LogP contribution in [-0.2, 0) is 0 Å². The minimum Gasteiger partial charge on any atom is -0.396 e. The number of halogens is 1. The normalized spacial score (nSPS) is 23.1. The number of hydrogen-bond acceptors (Lipinski definition) is 2. The van der Waals surface area contributed by atoms with Gasteiger partial charge in [-0.3, -0.25) is 4.79 Å². The highest BCUT2D eigenvalue weighted by molar-refractivity contribution is 9.10. The molecule has 0 aromatic heterocycles. The monoisotopic (exact) mass is 325 g/mol. The van der Waals surface area contributed by atoms with Gasteiger partial charge >= 0.3 is 0 Å². The lowest BCUT2D eigenvalue weighted by Crippen LogP contribution is -2.43. The number of amides is 1. The Labute approximate surface area is 122 Å². The topological polar surface area (TPSA) is 49.3 Å². The molecular formula is C15H20BrNO2. The molecule has 0 heterocycles. The van der Waals surface area contributed by atoms with Gasteiger partial charge in [-0.2, -0.15) is 0 Å². The molecule has 1 aliphatic rings. The number of carbonyl (C=O) groups is 1. The summed E-state index contributed by atoms with van der Waals surface area (Å²) in [7, 11) is 0. The van der Waals surface area contributed by atoms with Crippen molar-refractivity contribution in [1.82, 2.24) is 5.32 Å². The molecule has 0 saturated heterocycles. The molecule has 1 saturated carbocycles. The van der Waals surface area contributed by atoms with Crippen molar-refractivity contribution in [2.45, 2.75) is 38.6 Å². The predicted octanol–water partition coefficient (Wildman–Crippen LogP) is 3.04. The van der Waals surface area contributed by atoms with Crippen molar-refractivity contribution in [3.63, 3.8) is 0 Å². The van der Waals surface area contributed by atoms with Gasteiger partial charge in [0.1, 0.15) is 0 Å². The summed E-state index contributed by atoms with van der Waals surface area (Å²) in [6.07, 6.45) is 4.22. The average Bonchev–Trinajstić information content (AvgIpc) is 2.42. The lowest BCUT2D eigenvalue weighted by Gasteiger charge is -2.31. The Balaban J connectivity index is 2.09. The predicted molar refractivity (Wildman–Crippen MR) is 79.2 cm³/mol. The zero-order chi connectivity index (χ0) is 13.8. The summed E-state index contributed by atoms with van der Waals surface area (Å²) in [5.74, 6) is 0.141. The summed E-state index contributed by atoms with van der Waals surface area (Å²) in [6.45, 7) is 2.12. The van der Waals surface area contributed by atoms with Crippen LogP contribution in [0, 0.1) is 12.8 Å². The lowest BCUT2D eigenvalue weighted by atomic mass is 9.85. The van der Waals surface area contributed by atoms with Crippen LogP contribution in [0.1, 0.15) is 41.6 Å². The third-order valence-electron chi connectivity index (χ3n) is 3.90. The Kier molecular flexibility index (Phi) is 4.99. The van der Waals surface area contributed by atoms with Gasteiger partial charge in [0, 0.05) is 23.0 Å². The fraction of sp³-hybridized carbons (Fsp3) is 0.533. The Bertz CT molecular complexity index is 461. The number of aliphatic hydroxyl groups excluding tert-OH is 1. The highest BCUT2D eigenvalue weighted by Crippen LogP contribution is 2.26. The molecule has 19 heavy (non-hydrogen) atoms. The molecule has 1 amide bonds. The maximum atomic E-state index is 12.3. The summed E-state index contributed by atoms with van der Waals surface area (Å²) < 4.78 is 0.851. The number of aliphatic hydroxyl groups is 1. The van der Waals surface area contributed by atoms with Crippen LogP contribution in [0.15, 0.2) is 22.7 Å². The van der Waals surface area contributed by atoms with Gasteiger partial charge in [-0.1, -0.05) is 25.0 Å². The van der Waals surface area contributed by atoms with Crippen LogP contribution in [-0.4, -0.2) is 23.7 Å². The minimum absolute atomic E-state index is 0.0547. The third kappa shape index (κ3) is 3.37. The van der Waals surface area contributed by atoms with E-state index in [4.69, 9.17) is 0 Å². The fourth-order valence-electron chi connectivity index (χ4n) is 2.69. The van der Waals surface area contributed by atoms with Crippen molar-refractivity contribution in [2.24, 2.45) is 5.92 Å². The fourth-order valence-corrected chi connectivity index (χ4v) is 3.13. The lowest BCUT2D eigenvalue weighted by molar-refractivity contribution is 0.0871. The van der Waals surface area contributed by atoms with E-state index in [2.05, 4.69) is 21.2 Å². The second-order valence-corrected chi connectivity index (χ2v) is 6.04. The van der Waals surface area contributed by atoms with Crippen molar-refractivity contribution in [3.8, 4) is 0 Å². The van der Waals surface area contributed by atoms with Gasteiger partial charge in [-0.15, -0.1) is 0 Å². The molecule has 0 bridgehead atoms. The average molecular weight is 326 g/mol. The van der Waals surface area contributed by atoms with E-state index in [9.17, 15) is 9.90 Å². The molecule has 4 heteroatoms. The van der Waals surface area contributed by atoms with E-state index < -0.39 is 0 Å². The van der Waals surface area contributed by atoms with Gasteiger partial charge in [-0.05, 0) is 47.3 Å². The van der Waals surface area contributed by atoms with Crippen molar-refractivity contribution >= 4 is 21.8 Å². The SMILES string of the molecule is Cc1cccc(C(=O)NC2CCCCC2CO)c1Br. The first kappa shape index (κ1) is 14.5. The molecule has 1 fully saturated rings. The van der Waals surface area contributed by atoms with Crippen LogP contribution in [0.2, 0.25) is 0 Å². The van der Waals surface area contributed by atoms with Gasteiger partial charge in [0.25, 0.3) is 5.91 Å². The number of rotatable bonds is 3. The van der Waals surface area contributed by atoms with Crippen LogP contribution in [0.25, 0.3) is 0 Å². The summed E-state index contributed by atoms with van der Waals surface area (Å²) in [6, 6.07) is 5.78. The Morgan fingerprint density at radius 3 is 2.89 bits per heavy atom. The third-order valence-corrected chi connectivity index (χ3v) is 4.95. The Morgan fingerprint density at radius 1 is 1.42 bits per heavy atom. The second-order valence-electron chi connectivity index (χ2n) is 5.24. The Hall–Kier alpha value is -0.870. The molecule has 3 nitrogen and oxygen atoms in total. The standard InChI is InChI=1S/C15H20BrNO2/c1-10-5-4-7-12(14(10)16)15(19)17-13-8-3-2-6-11(13)9-18/h4-5,7,11,13,18H,2-3,6,8-9H2,1H3,(H,17,19). The first-order valence-corrected chi connectivity index (χ1v) is 7.59. The van der Waals surface area contributed by atoms with E-state index >= 15 is 0 Å². The smallest absolute Gasteiger partial charge is 0.252 e. The number of aryl methyl sites for hydroxylation is 1. The summed E-state index contributed by atoms with van der Waals surface area (Å²) in [5, 5.41) is 12.5. The summed E-state index contributed by atoms with van der Waals surface area (Å²) in [4.78, 5) is 12.3. The highest BCUT2D eigenvalue weighted by Gasteiger charge is 2.26. The maximum absolute atomic E-state index is 12.3. The molecule has 0 spiro atoms. The minimum atomic E-state index is -0.0547. The maximum Gasteiger partial charge on any atom is 0.252 e. The molecule has 2 N–H and O–H groups in total. The van der Waals surface area contributed by atoms with E-state index in [1.807, 2.05) is 25.1 Å². The summed E-state index contributed by atoms with van der Waals surface area (Å²) >= 11 is 3.47. The van der Waals surface area contributed by atoms with Gasteiger partial charge in [-0.25, -0.2) is 0 Å².